The van der Waals surface area contributed by atoms with Crippen molar-refractivity contribution in [2.24, 2.45) is 0 Å². The van der Waals surface area contributed by atoms with Gasteiger partial charge in [0.2, 0.25) is 0 Å². The number of carbonyl (C=O) groups excluding carboxylic acids is 1. The molecule has 0 bridgehead atoms. The van der Waals surface area contributed by atoms with E-state index in [4.69, 9.17) is 14.6 Å². The van der Waals surface area contributed by atoms with E-state index in [0.29, 0.717) is 5.56 Å². The van der Waals surface area contributed by atoms with Crippen molar-refractivity contribution in [3.8, 4) is 0 Å². The zero-order chi connectivity index (χ0) is 16.5. The second kappa shape index (κ2) is 9.05. The molecule has 5 nitrogen and oxygen atoms in total. The highest BCUT2D eigenvalue weighted by Crippen LogP contribution is 2.09. The molecule has 0 aliphatic heterocycles. The van der Waals surface area contributed by atoms with Crippen LogP contribution < -0.4 is 0 Å². The minimum atomic E-state index is -1.12. The summed E-state index contributed by atoms with van der Waals surface area (Å²) in [6.45, 7) is -0.351. The fourth-order valence-electron chi connectivity index (χ4n) is 1.98. The van der Waals surface area contributed by atoms with Crippen LogP contribution in [-0.4, -0.2) is 41.6 Å². The van der Waals surface area contributed by atoms with E-state index in [9.17, 15) is 9.90 Å². The maximum atomic E-state index is 11.9. The largest absolute Gasteiger partial charge is 0.459 e. The Bertz CT molecular complexity index is 585. The number of aliphatic hydroxyl groups excluding tert-OH is 2. The molecule has 5 heteroatoms. The van der Waals surface area contributed by atoms with Crippen molar-refractivity contribution in [1.82, 2.24) is 0 Å². The van der Waals surface area contributed by atoms with Crippen molar-refractivity contribution in [1.29, 1.82) is 0 Å². The normalized spacial score (nSPS) is 13.3. The summed E-state index contributed by atoms with van der Waals surface area (Å²) in [5, 5.41) is 18.9. The number of rotatable bonds is 8. The number of benzene rings is 2. The lowest BCUT2D eigenvalue weighted by Gasteiger charge is -2.22. The Kier molecular flexibility index (Phi) is 6.75. The topological polar surface area (TPSA) is 76.0 Å². The van der Waals surface area contributed by atoms with Gasteiger partial charge in [-0.3, -0.25) is 0 Å². The first-order valence-corrected chi connectivity index (χ1v) is 7.37. The molecule has 0 saturated heterocycles. The lowest BCUT2D eigenvalue weighted by Crippen LogP contribution is -2.36. The Hall–Kier alpha value is -2.21. The molecule has 2 aromatic carbocycles. The molecular weight excluding hydrogens is 296 g/mol. The van der Waals surface area contributed by atoms with Crippen LogP contribution >= 0.6 is 0 Å². The molecule has 0 aliphatic carbocycles. The van der Waals surface area contributed by atoms with Crippen molar-refractivity contribution < 1.29 is 24.5 Å². The summed E-state index contributed by atoms with van der Waals surface area (Å²) in [5.74, 6) is -0.496. The maximum Gasteiger partial charge on any atom is 0.338 e. The highest BCUT2D eigenvalue weighted by molar-refractivity contribution is 5.89. The molecule has 0 aliphatic rings. The highest BCUT2D eigenvalue weighted by atomic mass is 16.6. The molecule has 0 fully saturated rings. The second-order valence-electron chi connectivity index (χ2n) is 5.05. The molecule has 0 heterocycles. The van der Waals surface area contributed by atoms with Gasteiger partial charge in [0.1, 0.15) is 18.8 Å². The fourth-order valence-corrected chi connectivity index (χ4v) is 1.98. The van der Waals surface area contributed by atoms with E-state index in [1.165, 1.54) is 0 Å². The van der Waals surface area contributed by atoms with Gasteiger partial charge in [-0.05, 0) is 17.7 Å². The summed E-state index contributed by atoms with van der Waals surface area (Å²) in [7, 11) is 0. The molecule has 0 radical (unpaired) electrons. The number of aliphatic hydroxyl groups is 2. The summed E-state index contributed by atoms with van der Waals surface area (Å²) >= 11 is 0. The summed E-state index contributed by atoms with van der Waals surface area (Å²) in [4.78, 5) is 11.9. The van der Waals surface area contributed by atoms with E-state index in [-0.39, 0.29) is 13.2 Å². The number of hydrogen-bond donors (Lipinski definition) is 2. The van der Waals surface area contributed by atoms with Crippen LogP contribution in [0.5, 0.6) is 0 Å². The Labute approximate surface area is 135 Å². The number of carbonyl (C=O) groups is 1. The van der Waals surface area contributed by atoms with Crippen LogP contribution in [0.3, 0.4) is 0 Å². The standard InChI is InChI=1S/C18H20O5/c19-11-16(20)17(22-12-14-7-3-1-4-8-14)13-23-18(21)15-9-5-2-6-10-15/h1-10,16-17,19-20H,11-13H2/t16-,17-/m0/s1. The van der Waals surface area contributed by atoms with Gasteiger partial charge in [0.05, 0.1) is 18.8 Å². The summed E-state index contributed by atoms with van der Waals surface area (Å²) in [6.07, 6.45) is -1.92. The third-order valence-corrected chi connectivity index (χ3v) is 3.31. The predicted molar refractivity (Wildman–Crippen MR) is 84.8 cm³/mol. The monoisotopic (exact) mass is 316 g/mol. The molecule has 2 atom stereocenters. The summed E-state index contributed by atoms with van der Waals surface area (Å²) in [6, 6.07) is 18.0. The average Bonchev–Trinajstić information content (AvgIpc) is 2.62. The Balaban J connectivity index is 1.89. The van der Waals surface area contributed by atoms with Gasteiger partial charge in [0.25, 0.3) is 0 Å². The lowest BCUT2D eigenvalue weighted by molar-refractivity contribution is -0.0897. The maximum absolute atomic E-state index is 11.9. The van der Waals surface area contributed by atoms with E-state index in [2.05, 4.69) is 0 Å². The van der Waals surface area contributed by atoms with Crippen molar-refractivity contribution in [2.45, 2.75) is 18.8 Å². The first-order chi connectivity index (χ1) is 11.2. The molecule has 0 unspecified atom stereocenters. The minimum Gasteiger partial charge on any atom is -0.459 e. The van der Waals surface area contributed by atoms with Crippen molar-refractivity contribution >= 4 is 5.97 Å². The van der Waals surface area contributed by atoms with Gasteiger partial charge in [0, 0.05) is 0 Å². The van der Waals surface area contributed by atoms with Crippen LogP contribution in [0.4, 0.5) is 0 Å². The summed E-state index contributed by atoms with van der Waals surface area (Å²) in [5.41, 5.74) is 1.35. The molecule has 0 aromatic heterocycles. The molecule has 23 heavy (non-hydrogen) atoms. The zero-order valence-electron chi connectivity index (χ0n) is 12.7. The quantitative estimate of drug-likeness (QED) is 0.726. The van der Waals surface area contributed by atoms with Crippen LogP contribution in [-0.2, 0) is 16.1 Å². The van der Waals surface area contributed by atoms with Crippen LogP contribution in [0.15, 0.2) is 60.7 Å². The van der Waals surface area contributed by atoms with Gasteiger partial charge in [-0.15, -0.1) is 0 Å². The molecule has 122 valence electrons. The van der Waals surface area contributed by atoms with E-state index in [0.717, 1.165) is 5.56 Å². The van der Waals surface area contributed by atoms with Gasteiger partial charge < -0.3 is 19.7 Å². The van der Waals surface area contributed by atoms with Crippen LogP contribution in [0.2, 0.25) is 0 Å². The Morgan fingerprint density at radius 1 is 1.00 bits per heavy atom. The van der Waals surface area contributed by atoms with Crippen LogP contribution in [0, 0.1) is 0 Å². The first-order valence-electron chi connectivity index (χ1n) is 7.37. The fraction of sp³-hybridized carbons (Fsp3) is 0.278. The Morgan fingerprint density at radius 3 is 2.22 bits per heavy atom. The van der Waals surface area contributed by atoms with Gasteiger partial charge in [0.15, 0.2) is 0 Å². The molecular formula is C18H20O5. The average molecular weight is 316 g/mol. The number of ether oxygens (including phenoxy) is 2. The molecule has 0 spiro atoms. The molecule has 2 N–H and O–H groups in total. The number of hydrogen-bond acceptors (Lipinski definition) is 5. The number of esters is 1. The molecule has 0 saturated carbocycles. The van der Waals surface area contributed by atoms with Crippen LogP contribution in [0.25, 0.3) is 0 Å². The molecule has 2 rings (SSSR count). The Morgan fingerprint density at radius 2 is 1.61 bits per heavy atom. The van der Waals surface area contributed by atoms with Crippen molar-refractivity contribution in [3.63, 3.8) is 0 Å². The SMILES string of the molecule is O=C(OC[C@H](OCc1ccccc1)[C@@H](O)CO)c1ccccc1. The molecule has 2 aromatic rings. The van der Waals surface area contributed by atoms with Crippen molar-refractivity contribution in [3.05, 3.63) is 71.8 Å². The third kappa shape index (κ3) is 5.49. The predicted octanol–water partition coefficient (Wildman–Crippen LogP) is 1.78. The van der Waals surface area contributed by atoms with E-state index in [1.54, 1.807) is 30.3 Å². The van der Waals surface area contributed by atoms with E-state index < -0.39 is 24.8 Å². The zero-order valence-corrected chi connectivity index (χ0v) is 12.7. The van der Waals surface area contributed by atoms with Gasteiger partial charge in [-0.1, -0.05) is 48.5 Å². The minimum absolute atomic E-state index is 0.137. The van der Waals surface area contributed by atoms with Gasteiger partial charge in [-0.2, -0.15) is 0 Å². The van der Waals surface area contributed by atoms with Crippen molar-refractivity contribution in [2.75, 3.05) is 13.2 Å². The second-order valence-corrected chi connectivity index (χ2v) is 5.05. The van der Waals surface area contributed by atoms with Crippen LogP contribution in [0.1, 0.15) is 15.9 Å². The molecule has 0 amide bonds. The first kappa shape index (κ1) is 17.1. The highest BCUT2D eigenvalue weighted by Gasteiger charge is 2.21. The summed E-state index contributed by atoms with van der Waals surface area (Å²) < 4.78 is 10.7. The van der Waals surface area contributed by atoms with Gasteiger partial charge in [-0.25, -0.2) is 4.79 Å². The lowest BCUT2D eigenvalue weighted by atomic mass is 10.2. The van der Waals surface area contributed by atoms with Gasteiger partial charge >= 0.3 is 5.97 Å². The third-order valence-electron chi connectivity index (χ3n) is 3.31. The smallest absolute Gasteiger partial charge is 0.338 e. The van der Waals surface area contributed by atoms with E-state index in [1.807, 2.05) is 30.3 Å². The van der Waals surface area contributed by atoms with E-state index >= 15 is 0 Å².